The lowest BCUT2D eigenvalue weighted by Crippen LogP contribution is -2.28. The normalized spacial score (nSPS) is 10.2. The van der Waals surface area contributed by atoms with Gasteiger partial charge in [-0.3, -0.25) is 4.79 Å². The second kappa shape index (κ2) is 7.27. The number of aryl methyl sites for hydroxylation is 2. The minimum Gasteiger partial charge on any atom is -0.492 e. The maximum Gasteiger partial charge on any atom is 0.252 e. The second-order valence-corrected chi connectivity index (χ2v) is 5.65. The zero-order chi connectivity index (χ0) is 15.2. The SMILES string of the molecule is Cc1cccc(OCCNC(=O)c2cccc(C)c2Br)c1. The highest BCUT2D eigenvalue weighted by Crippen LogP contribution is 2.20. The summed E-state index contributed by atoms with van der Waals surface area (Å²) in [7, 11) is 0. The highest BCUT2D eigenvalue weighted by molar-refractivity contribution is 9.10. The highest BCUT2D eigenvalue weighted by atomic mass is 79.9. The summed E-state index contributed by atoms with van der Waals surface area (Å²) in [5.41, 5.74) is 2.84. The van der Waals surface area contributed by atoms with Crippen molar-refractivity contribution in [2.75, 3.05) is 13.2 Å². The number of nitrogens with one attached hydrogen (secondary N) is 1. The van der Waals surface area contributed by atoms with Crippen molar-refractivity contribution in [2.24, 2.45) is 0 Å². The number of amides is 1. The molecule has 0 aliphatic carbocycles. The predicted octanol–water partition coefficient (Wildman–Crippen LogP) is 3.87. The Morgan fingerprint density at radius 3 is 2.71 bits per heavy atom. The van der Waals surface area contributed by atoms with E-state index in [2.05, 4.69) is 21.2 Å². The van der Waals surface area contributed by atoms with E-state index < -0.39 is 0 Å². The van der Waals surface area contributed by atoms with Crippen LogP contribution in [0.3, 0.4) is 0 Å². The molecule has 1 N–H and O–H groups in total. The molecule has 4 heteroatoms. The van der Waals surface area contributed by atoms with Crippen LogP contribution >= 0.6 is 15.9 Å². The van der Waals surface area contributed by atoms with E-state index in [1.165, 1.54) is 0 Å². The number of ether oxygens (including phenoxy) is 1. The first kappa shape index (κ1) is 15.6. The molecule has 0 fully saturated rings. The van der Waals surface area contributed by atoms with Crippen molar-refractivity contribution >= 4 is 21.8 Å². The largest absolute Gasteiger partial charge is 0.492 e. The molecule has 0 saturated heterocycles. The monoisotopic (exact) mass is 347 g/mol. The average Bonchev–Trinajstić information content (AvgIpc) is 2.46. The molecule has 0 radical (unpaired) electrons. The smallest absolute Gasteiger partial charge is 0.252 e. The lowest BCUT2D eigenvalue weighted by atomic mass is 10.1. The molecule has 0 saturated carbocycles. The lowest BCUT2D eigenvalue weighted by Gasteiger charge is -2.10. The zero-order valence-electron chi connectivity index (χ0n) is 12.2. The third kappa shape index (κ3) is 4.33. The van der Waals surface area contributed by atoms with Gasteiger partial charge < -0.3 is 10.1 Å². The predicted molar refractivity (Wildman–Crippen MR) is 87.9 cm³/mol. The average molecular weight is 348 g/mol. The molecular formula is C17H18BrNO2. The maximum absolute atomic E-state index is 12.1. The Hall–Kier alpha value is -1.81. The number of carbonyl (C=O) groups excluding carboxylic acids is 1. The Morgan fingerprint density at radius 1 is 1.19 bits per heavy atom. The van der Waals surface area contributed by atoms with Crippen LogP contribution in [0.1, 0.15) is 21.5 Å². The third-order valence-electron chi connectivity index (χ3n) is 3.08. The summed E-state index contributed by atoms with van der Waals surface area (Å²) in [6.07, 6.45) is 0. The van der Waals surface area contributed by atoms with Crippen molar-refractivity contribution in [2.45, 2.75) is 13.8 Å². The summed E-state index contributed by atoms with van der Waals surface area (Å²) in [6, 6.07) is 13.5. The molecule has 21 heavy (non-hydrogen) atoms. The molecule has 110 valence electrons. The molecule has 0 atom stereocenters. The van der Waals surface area contributed by atoms with Gasteiger partial charge in [0.2, 0.25) is 0 Å². The highest BCUT2D eigenvalue weighted by Gasteiger charge is 2.10. The van der Waals surface area contributed by atoms with E-state index in [9.17, 15) is 4.79 Å². The standard InChI is InChI=1S/C17H18BrNO2/c1-12-5-3-7-14(11-12)21-10-9-19-17(20)15-8-4-6-13(2)16(15)18/h3-8,11H,9-10H2,1-2H3,(H,19,20). The van der Waals surface area contributed by atoms with Crippen LogP contribution in [-0.2, 0) is 0 Å². The second-order valence-electron chi connectivity index (χ2n) is 4.86. The maximum atomic E-state index is 12.1. The first-order valence-corrected chi connectivity index (χ1v) is 7.60. The summed E-state index contributed by atoms with van der Waals surface area (Å²) in [5, 5.41) is 2.86. The molecule has 3 nitrogen and oxygen atoms in total. The van der Waals surface area contributed by atoms with E-state index in [1.54, 1.807) is 6.07 Å². The van der Waals surface area contributed by atoms with Gasteiger partial charge in [-0.25, -0.2) is 0 Å². The molecule has 0 spiro atoms. The van der Waals surface area contributed by atoms with E-state index in [-0.39, 0.29) is 5.91 Å². The molecule has 2 aromatic rings. The lowest BCUT2D eigenvalue weighted by molar-refractivity contribution is 0.0946. The van der Waals surface area contributed by atoms with Crippen molar-refractivity contribution < 1.29 is 9.53 Å². The molecule has 0 aliphatic rings. The number of halogens is 1. The van der Waals surface area contributed by atoms with Crippen LogP contribution in [0.15, 0.2) is 46.9 Å². The number of benzene rings is 2. The van der Waals surface area contributed by atoms with E-state index in [1.807, 2.05) is 50.2 Å². The minimum absolute atomic E-state index is 0.0987. The summed E-state index contributed by atoms with van der Waals surface area (Å²) >= 11 is 3.44. The number of carbonyl (C=O) groups is 1. The molecule has 1 amide bonds. The number of hydrogen-bond acceptors (Lipinski definition) is 2. The first-order valence-electron chi connectivity index (χ1n) is 6.80. The van der Waals surface area contributed by atoms with E-state index in [4.69, 9.17) is 4.74 Å². The van der Waals surface area contributed by atoms with Crippen molar-refractivity contribution in [3.05, 3.63) is 63.6 Å². The van der Waals surface area contributed by atoms with Crippen molar-refractivity contribution in [3.8, 4) is 5.75 Å². The fraction of sp³-hybridized carbons (Fsp3) is 0.235. The van der Waals surface area contributed by atoms with Gasteiger partial charge in [-0.15, -0.1) is 0 Å². The molecule has 0 aliphatic heterocycles. The van der Waals surface area contributed by atoms with Crippen LogP contribution in [0.5, 0.6) is 5.75 Å². The van der Waals surface area contributed by atoms with Gasteiger partial charge in [0.05, 0.1) is 12.1 Å². The van der Waals surface area contributed by atoms with Crippen LogP contribution in [0.4, 0.5) is 0 Å². The topological polar surface area (TPSA) is 38.3 Å². The van der Waals surface area contributed by atoms with Gasteiger partial charge in [0.25, 0.3) is 5.91 Å². The molecule has 0 aromatic heterocycles. The first-order chi connectivity index (χ1) is 10.1. The molecule has 0 bridgehead atoms. The van der Waals surface area contributed by atoms with Gasteiger partial charge in [0.15, 0.2) is 0 Å². The van der Waals surface area contributed by atoms with Gasteiger partial charge in [-0.1, -0.05) is 24.3 Å². The number of hydrogen-bond donors (Lipinski definition) is 1. The van der Waals surface area contributed by atoms with Crippen molar-refractivity contribution in [1.82, 2.24) is 5.32 Å². The Labute approximate surface area is 133 Å². The van der Waals surface area contributed by atoms with E-state index in [0.717, 1.165) is 21.3 Å². The molecule has 2 rings (SSSR count). The fourth-order valence-corrected chi connectivity index (χ4v) is 2.40. The third-order valence-corrected chi connectivity index (χ3v) is 4.13. The minimum atomic E-state index is -0.0987. The van der Waals surface area contributed by atoms with Crippen molar-refractivity contribution in [1.29, 1.82) is 0 Å². The van der Waals surface area contributed by atoms with Gasteiger partial charge in [-0.2, -0.15) is 0 Å². The van der Waals surface area contributed by atoms with Crippen LogP contribution in [0, 0.1) is 13.8 Å². The Morgan fingerprint density at radius 2 is 1.95 bits per heavy atom. The summed E-state index contributed by atoms with van der Waals surface area (Å²) in [4.78, 5) is 12.1. The Bertz CT molecular complexity index is 640. The summed E-state index contributed by atoms with van der Waals surface area (Å²) in [5.74, 6) is 0.722. The Balaban J connectivity index is 1.83. The van der Waals surface area contributed by atoms with Gasteiger partial charge in [-0.05, 0) is 59.1 Å². The van der Waals surface area contributed by atoms with E-state index >= 15 is 0 Å². The molecule has 0 unspecified atom stereocenters. The molecule has 2 aromatic carbocycles. The van der Waals surface area contributed by atoms with Crippen LogP contribution < -0.4 is 10.1 Å². The Kier molecular flexibility index (Phi) is 5.39. The van der Waals surface area contributed by atoms with Gasteiger partial charge >= 0.3 is 0 Å². The quantitative estimate of drug-likeness (QED) is 0.833. The van der Waals surface area contributed by atoms with Gasteiger partial charge in [0.1, 0.15) is 12.4 Å². The van der Waals surface area contributed by atoms with E-state index in [0.29, 0.717) is 18.7 Å². The molecular weight excluding hydrogens is 330 g/mol. The zero-order valence-corrected chi connectivity index (χ0v) is 13.7. The van der Waals surface area contributed by atoms with Crippen LogP contribution in [0.2, 0.25) is 0 Å². The van der Waals surface area contributed by atoms with Crippen LogP contribution in [-0.4, -0.2) is 19.1 Å². The van der Waals surface area contributed by atoms with Crippen LogP contribution in [0.25, 0.3) is 0 Å². The number of rotatable bonds is 5. The molecule has 0 heterocycles. The van der Waals surface area contributed by atoms with Gasteiger partial charge in [0, 0.05) is 4.47 Å². The summed E-state index contributed by atoms with van der Waals surface area (Å²) < 4.78 is 6.44. The summed E-state index contributed by atoms with van der Waals surface area (Å²) in [6.45, 7) is 4.89. The fourth-order valence-electron chi connectivity index (χ4n) is 1.96. The van der Waals surface area contributed by atoms with Crippen molar-refractivity contribution in [3.63, 3.8) is 0 Å².